The minimum absolute atomic E-state index is 0.133. The Morgan fingerprint density at radius 3 is 2.42 bits per heavy atom. The van der Waals surface area contributed by atoms with E-state index in [0.29, 0.717) is 17.5 Å². The molecular weight excluding hydrogens is 333 g/mol. The van der Waals surface area contributed by atoms with Crippen LogP contribution in [0.4, 0.5) is 4.39 Å². The smallest absolute Gasteiger partial charge is 0.338 e. The molecule has 0 fully saturated rings. The van der Waals surface area contributed by atoms with Crippen molar-refractivity contribution in [3.8, 4) is 0 Å². The summed E-state index contributed by atoms with van der Waals surface area (Å²) in [5.41, 5.74) is 1.55. The molecular formula is C17H18FNO4S. The summed E-state index contributed by atoms with van der Waals surface area (Å²) in [6.45, 7) is 0.154. The quantitative estimate of drug-likeness (QED) is 0.777. The van der Waals surface area contributed by atoms with Crippen LogP contribution >= 0.6 is 0 Å². The van der Waals surface area contributed by atoms with Crippen LogP contribution in [0.5, 0.6) is 0 Å². The molecule has 2 aromatic carbocycles. The minimum atomic E-state index is -3.21. The van der Waals surface area contributed by atoms with Crippen molar-refractivity contribution < 1.29 is 22.3 Å². The summed E-state index contributed by atoms with van der Waals surface area (Å²) >= 11 is 0. The Bertz CT molecular complexity index is 804. The van der Waals surface area contributed by atoms with Gasteiger partial charge >= 0.3 is 5.97 Å². The Morgan fingerprint density at radius 1 is 1.12 bits per heavy atom. The molecule has 128 valence electrons. The highest BCUT2D eigenvalue weighted by molar-refractivity contribution is 7.88. The van der Waals surface area contributed by atoms with E-state index in [1.807, 2.05) is 0 Å². The van der Waals surface area contributed by atoms with Gasteiger partial charge in [0.2, 0.25) is 10.0 Å². The number of ether oxygens (including phenoxy) is 1. The standard InChI is InChI=1S/C17H18FNO4S/c1-24(21,22)19-11-10-13-6-8-14(9-7-13)17(20)23-12-15-4-2-3-5-16(15)18/h2-9,19H,10-12H2,1H3. The highest BCUT2D eigenvalue weighted by Crippen LogP contribution is 2.11. The molecule has 0 saturated heterocycles. The van der Waals surface area contributed by atoms with Crippen molar-refractivity contribution >= 4 is 16.0 Å². The van der Waals surface area contributed by atoms with Crippen molar-refractivity contribution in [1.29, 1.82) is 0 Å². The van der Waals surface area contributed by atoms with Crippen LogP contribution < -0.4 is 4.72 Å². The SMILES string of the molecule is CS(=O)(=O)NCCc1ccc(C(=O)OCc2ccccc2F)cc1. The van der Waals surface area contributed by atoms with Gasteiger partial charge in [0.1, 0.15) is 12.4 Å². The van der Waals surface area contributed by atoms with E-state index >= 15 is 0 Å². The molecule has 24 heavy (non-hydrogen) atoms. The van der Waals surface area contributed by atoms with Crippen molar-refractivity contribution in [2.24, 2.45) is 0 Å². The lowest BCUT2D eigenvalue weighted by atomic mass is 10.1. The monoisotopic (exact) mass is 351 g/mol. The van der Waals surface area contributed by atoms with E-state index in [0.717, 1.165) is 11.8 Å². The van der Waals surface area contributed by atoms with Crippen molar-refractivity contribution in [1.82, 2.24) is 4.72 Å². The highest BCUT2D eigenvalue weighted by atomic mass is 32.2. The molecule has 0 unspecified atom stereocenters. The number of carbonyl (C=O) groups excluding carboxylic acids is 1. The normalized spacial score (nSPS) is 11.2. The number of sulfonamides is 1. The number of halogens is 1. The van der Waals surface area contributed by atoms with Crippen LogP contribution in [0.25, 0.3) is 0 Å². The van der Waals surface area contributed by atoms with Crippen LogP contribution in [-0.4, -0.2) is 27.2 Å². The Kier molecular flexibility index (Phi) is 6.05. The summed E-state index contributed by atoms with van der Waals surface area (Å²) in [7, 11) is -3.21. The molecule has 0 bridgehead atoms. The van der Waals surface area contributed by atoms with Gasteiger partial charge in [0.15, 0.2) is 0 Å². The number of benzene rings is 2. The number of nitrogens with one attached hydrogen (secondary N) is 1. The molecule has 0 saturated carbocycles. The Balaban J connectivity index is 1.88. The van der Waals surface area contributed by atoms with E-state index in [-0.39, 0.29) is 13.2 Å². The van der Waals surface area contributed by atoms with Gasteiger partial charge in [0, 0.05) is 12.1 Å². The van der Waals surface area contributed by atoms with Crippen molar-refractivity contribution in [3.63, 3.8) is 0 Å². The van der Waals surface area contributed by atoms with Crippen LogP contribution in [0.2, 0.25) is 0 Å². The van der Waals surface area contributed by atoms with Crippen molar-refractivity contribution in [2.45, 2.75) is 13.0 Å². The third-order valence-electron chi connectivity index (χ3n) is 3.28. The van der Waals surface area contributed by atoms with Crippen LogP contribution in [0, 0.1) is 5.82 Å². The third-order valence-corrected chi connectivity index (χ3v) is 4.01. The predicted octanol–water partition coefficient (Wildman–Crippen LogP) is 2.27. The van der Waals surface area contributed by atoms with Crippen LogP contribution in [0.15, 0.2) is 48.5 Å². The Hall–Kier alpha value is -2.25. The van der Waals surface area contributed by atoms with Gasteiger partial charge in [0.25, 0.3) is 0 Å². The number of hydrogen-bond donors (Lipinski definition) is 1. The van der Waals surface area contributed by atoms with E-state index < -0.39 is 21.8 Å². The zero-order chi connectivity index (χ0) is 17.6. The van der Waals surface area contributed by atoms with E-state index in [9.17, 15) is 17.6 Å². The number of hydrogen-bond acceptors (Lipinski definition) is 4. The lowest BCUT2D eigenvalue weighted by molar-refractivity contribution is 0.0469. The molecule has 2 aromatic rings. The van der Waals surface area contributed by atoms with Gasteiger partial charge in [-0.3, -0.25) is 0 Å². The second-order valence-corrected chi connectivity index (χ2v) is 7.11. The van der Waals surface area contributed by atoms with Crippen molar-refractivity contribution in [3.05, 3.63) is 71.0 Å². The van der Waals surface area contributed by atoms with E-state index in [2.05, 4.69) is 4.72 Å². The number of esters is 1. The molecule has 0 radical (unpaired) electrons. The molecule has 0 spiro atoms. The summed E-state index contributed by atoms with van der Waals surface area (Å²) in [5, 5.41) is 0. The maximum atomic E-state index is 13.5. The molecule has 5 nitrogen and oxygen atoms in total. The first kappa shape index (κ1) is 18.1. The van der Waals surface area contributed by atoms with E-state index in [1.165, 1.54) is 6.07 Å². The summed E-state index contributed by atoms with van der Waals surface area (Å²) in [5.74, 6) is -0.960. The second kappa shape index (κ2) is 8.03. The van der Waals surface area contributed by atoms with E-state index in [1.54, 1.807) is 42.5 Å². The topological polar surface area (TPSA) is 72.5 Å². The Morgan fingerprint density at radius 2 is 1.79 bits per heavy atom. The first-order chi connectivity index (χ1) is 11.3. The first-order valence-electron chi connectivity index (χ1n) is 7.29. The van der Waals surface area contributed by atoms with Gasteiger partial charge in [-0.25, -0.2) is 22.3 Å². The minimum Gasteiger partial charge on any atom is -0.457 e. The van der Waals surface area contributed by atoms with Gasteiger partial charge in [-0.05, 0) is 30.2 Å². The van der Waals surface area contributed by atoms with E-state index in [4.69, 9.17) is 4.74 Å². The zero-order valence-electron chi connectivity index (χ0n) is 13.2. The molecule has 0 amide bonds. The maximum Gasteiger partial charge on any atom is 0.338 e. The predicted molar refractivity (Wildman–Crippen MR) is 88.5 cm³/mol. The molecule has 0 aromatic heterocycles. The third kappa shape index (κ3) is 5.75. The van der Waals surface area contributed by atoms with Crippen LogP contribution in [-0.2, 0) is 27.8 Å². The van der Waals surface area contributed by atoms with Gasteiger partial charge in [-0.1, -0.05) is 30.3 Å². The summed E-state index contributed by atoms with van der Waals surface area (Å²) in [6, 6.07) is 12.7. The zero-order valence-corrected chi connectivity index (χ0v) is 14.0. The molecule has 0 aliphatic carbocycles. The molecule has 1 N–H and O–H groups in total. The van der Waals surface area contributed by atoms with Gasteiger partial charge < -0.3 is 4.74 Å². The molecule has 0 aliphatic heterocycles. The molecule has 0 heterocycles. The largest absolute Gasteiger partial charge is 0.457 e. The molecule has 0 atom stereocenters. The van der Waals surface area contributed by atoms with Crippen LogP contribution in [0.1, 0.15) is 21.5 Å². The lowest BCUT2D eigenvalue weighted by Crippen LogP contribution is -2.24. The fourth-order valence-corrected chi connectivity index (χ4v) is 2.50. The van der Waals surface area contributed by atoms with Crippen molar-refractivity contribution in [2.75, 3.05) is 12.8 Å². The maximum absolute atomic E-state index is 13.5. The summed E-state index contributed by atoms with van der Waals surface area (Å²) in [4.78, 5) is 11.9. The number of carbonyl (C=O) groups is 1. The first-order valence-corrected chi connectivity index (χ1v) is 9.18. The Labute approximate surface area is 140 Å². The average molecular weight is 351 g/mol. The molecule has 2 rings (SSSR count). The summed E-state index contributed by atoms with van der Waals surface area (Å²) < 4.78 is 42.9. The highest BCUT2D eigenvalue weighted by Gasteiger charge is 2.09. The van der Waals surface area contributed by atoms with Gasteiger partial charge in [-0.15, -0.1) is 0 Å². The lowest BCUT2D eigenvalue weighted by Gasteiger charge is -2.07. The second-order valence-electron chi connectivity index (χ2n) is 5.28. The van der Waals surface area contributed by atoms with Gasteiger partial charge in [-0.2, -0.15) is 0 Å². The fraction of sp³-hybridized carbons (Fsp3) is 0.235. The molecule has 7 heteroatoms. The fourth-order valence-electron chi connectivity index (χ4n) is 2.03. The van der Waals surface area contributed by atoms with Gasteiger partial charge in [0.05, 0.1) is 11.8 Å². The molecule has 0 aliphatic rings. The number of rotatable bonds is 7. The van der Waals surface area contributed by atoms with Crippen LogP contribution in [0.3, 0.4) is 0 Å². The summed E-state index contributed by atoms with van der Waals surface area (Å²) in [6.07, 6.45) is 1.61. The average Bonchev–Trinajstić information content (AvgIpc) is 2.53.